The SMILES string of the molecule is O=C(CCS(=O)(=O)N1CCCc2ccccc21)Nc1ccc(F)cc1F. The Morgan fingerprint density at radius 3 is 2.69 bits per heavy atom. The highest BCUT2D eigenvalue weighted by Gasteiger charge is 2.27. The fourth-order valence-electron chi connectivity index (χ4n) is 2.92. The van der Waals surface area contributed by atoms with Crippen molar-refractivity contribution in [2.24, 2.45) is 0 Å². The van der Waals surface area contributed by atoms with Crippen molar-refractivity contribution in [1.82, 2.24) is 0 Å². The van der Waals surface area contributed by atoms with Gasteiger partial charge in [0.2, 0.25) is 15.9 Å². The molecule has 3 rings (SSSR count). The number of aryl methyl sites for hydroxylation is 1. The molecule has 1 N–H and O–H groups in total. The minimum absolute atomic E-state index is 0.183. The molecule has 0 spiro atoms. The Balaban J connectivity index is 1.66. The average molecular weight is 380 g/mol. The maximum atomic E-state index is 13.6. The van der Waals surface area contributed by atoms with Crippen LogP contribution in [0, 0.1) is 11.6 Å². The Bertz CT molecular complexity index is 932. The van der Waals surface area contributed by atoms with Crippen molar-refractivity contribution in [2.45, 2.75) is 19.3 Å². The van der Waals surface area contributed by atoms with Crippen LogP contribution < -0.4 is 9.62 Å². The number of anilines is 2. The maximum Gasteiger partial charge on any atom is 0.235 e. The van der Waals surface area contributed by atoms with Gasteiger partial charge in [0.15, 0.2) is 0 Å². The number of benzene rings is 2. The van der Waals surface area contributed by atoms with E-state index in [-0.39, 0.29) is 12.1 Å². The van der Waals surface area contributed by atoms with Crippen LogP contribution in [-0.2, 0) is 21.2 Å². The van der Waals surface area contributed by atoms with Crippen LogP contribution in [0.15, 0.2) is 42.5 Å². The summed E-state index contributed by atoms with van der Waals surface area (Å²) >= 11 is 0. The van der Waals surface area contributed by atoms with Crippen LogP contribution in [0.1, 0.15) is 18.4 Å². The highest BCUT2D eigenvalue weighted by Crippen LogP contribution is 2.29. The van der Waals surface area contributed by atoms with Gasteiger partial charge in [-0.15, -0.1) is 0 Å². The number of halogens is 2. The molecule has 0 saturated heterocycles. The first-order valence-corrected chi connectivity index (χ1v) is 9.81. The summed E-state index contributed by atoms with van der Waals surface area (Å²) in [7, 11) is -3.68. The zero-order valence-corrected chi connectivity index (χ0v) is 14.7. The van der Waals surface area contributed by atoms with Gasteiger partial charge in [0.25, 0.3) is 0 Å². The summed E-state index contributed by atoms with van der Waals surface area (Å²) in [6, 6.07) is 10.0. The normalized spacial score (nSPS) is 14.0. The monoisotopic (exact) mass is 380 g/mol. The van der Waals surface area contributed by atoms with Gasteiger partial charge in [-0.2, -0.15) is 0 Å². The molecule has 2 aromatic rings. The fourth-order valence-corrected chi connectivity index (χ4v) is 4.47. The second-order valence-corrected chi connectivity index (χ2v) is 8.06. The molecule has 0 bridgehead atoms. The lowest BCUT2D eigenvalue weighted by Crippen LogP contribution is -2.37. The average Bonchev–Trinajstić information content (AvgIpc) is 2.62. The van der Waals surface area contributed by atoms with Crippen LogP contribution in [0.2, 0.25) is 0 Å². The Kier molecular flexibility index (Phi) is 5.22. The van der Waals surface area contributed by atoms with Gasteiger partial charge in [0.1, 0.15) is 11.6 Å². The lowest BCUT2D eigenvalue weighted by Gasteiger charge is -2.30. The smallest absolute Gasteiger partial charge is 0.235 e. The highest BCUT2D eigenvalue weighted by molar-refractivity contribution is 7.92. The molecule has 5 nitrogen and oxygen atoms in total. The molecule has 1 aliphatic rings. The summed E-state index contributed by atoms with van der Waals surface area (Å²) in [4.78, 5) is 12.0. The van der Waals surface area contributed by atoms with Crippen molar-refractivity contribution in [1.29, 1.82) is 0 Å². The van der Waals surface area contributed by atoms with E-state index in [0.29, 0.717) is 24.7 Å². The zero-order valence-electron chi connectivity index (χ0n) is 13.9. The molecule has 8 heteroatoms. The third-order valence-corrected chi connectivity index (χ3v) is 5.97. The summed E-state index contributed by atoms with van der Waals surface area (Å²) in [6.45, 7) is 0.369. The van der Waals surface area contributed by atoms with E-state index in [1.54, 1.807) is 12.1 Å². The van der Waals surface area contributed by atoms with Crippen LogP contribution >= 0.6 is 0 Å². The van der Waals surface area contributed by atoms with Crippen LogP contribution in [0.4, 0.5) is 20.2 Å². The van der Waals surface area contributed by atoms with Crippen molar-refractivity contribution < 1.29 is 22.0 Å². The lowest BCUT2D eigenvalue weighted by atomic mass is 10.0. The molecular weight excluding hydrogens is 362 g/mol. The van der Waals surface area contributed by atoms with Crippen molar-refractivity contribution in [2.75, 3.05) is 21.9 Å². The van der Waals surface area contributed by atoms with Gasteiger partial charge in [0, 0.05) is 19.0 Å². The van der Waals surface area contributed by atoms with E-state index in [1.165, 1.54) is 4.31 Å². The van der Waals surface area contributed by atoms with Gasteiger partial charge in [-0.25, -0.2) is 17.2 Å². The van der Waals surface area contributed by atoms with Crippen LogP contribution in [-0.4, -0.2) is 26.6 Å². The third-order valence-electron chi connectivity index (χ3n) is 4.20. The predicted octanol–water partition coefficient (Wildman–Crippen LogP) is 3.08. The fraction of sp³-hybridized carbons (Fsp3) is 0.278. The van der Waals surface area contributed by atoms with Gasteiger partial charge in [-0.3, -0.25) is 9.10 Å². The molecule has 1 aliphatic heterocycles. The van der Waals surface area contributed by atoms with Crippen LogP contribution in [0.5, 0.6) is 0 Å². The van der Waals surface area contributed by atoms with E-state index in [1.807, 2.05) is 12.1 Å². The van der Waals surface area contributed by atoms with E-state index >= 15 is 0 Å². The number of amides is 1. The Labute approximate surface area is 150 Å². The van der Waals surface area contributed by atoms with Crippen molar-refractivity contribution in [3.8, 4) is 0 Å². The van der Waals surface area contributed by atoms with Gasteiger partial charge in [-0.1, -0.05) is 18.2 Å². The number of para-hydroxylation sites is 1. The molecule has 0 aromatic heterocycles. The second-order valence-electron chi connectivity index (χ2n) is 6.04. The van der Waals surface area contributed by atoms with Gasteiger partial charge < -0.3 is 5.32 Å². The molecule has 0 aliphatic carbocycles. The zero-order chi connectivity index (χ0) is 18.7. The minimum atomic E-state index is -3.68. The quantitative estimate of drug-likeness (QED) is 0.867. The Morgan fingerprint density at radius 1 is 1.15 bits per heavy atom. The molecule has 1 heterocycles. The molecule has 0 saturated carbocycles. The van der Waals surface area contributed by atoms with Crippen molar-refractivity contribution in [3.05, 3.63) is 59.7 Å². The first-order valence-electron chi connectivity index (χ1n) is 8.20. The molecule has 138 valence electrons. The van der Waals surface area contributed by atoms with Crippen molar-refractivity contribution >= 4 is 27.3 Å². The number of carbonyl (C=O) groups is 1. The standard InChI is InChI=1S/C18H18F2N2O3S/c19-14-7-8-16(15(20)12-14)21-18(23)9-11-26(24,25)22-10-3-5-13-4-1-2-6-17(13)22/h1-2,4,6-8,12H,3,5,9-11H2,(H,21,23). The molecule has 0 unspecified atom stereocenters. The number of rotatable bonds is 5. The van der Waals surface area contributed by atoms with Gasteiger partial charge >= 0.3 is 0 Å². The number of hydrogen-bond acceptors (Lipinski definition) is 3. The van der Waals surface area contributed by atoms with Crippen LogP contribution in [0.3, 0.4) is 0 Å². The predicted molar refractivity (Wildman–Crippen MR) is 95.5 cm³/mol. The number of hydrogen-bond donors (Lipinski definition) is 1. The first kappa shape index (κ1) is 18.3. The summed E-state index contributed by atoms with van der Waals surface area (Å²) in [5.41, 5.74) is 1.42. The third kappa shape index (κ3) is 4.01. The summed E-state index contributed by atoms with van der Waals surface area (Å²) in [5, 5.41) is 2.27. The topological polar surface area (TPSA) is 66.5 Å². The molecule has 2 aromatic carbocycles. The Morgan fingerprint density at radius 2 is 1.92 bits per heavy atom. The van der Waals surface area contributed by atoms with E-state index in [9.17, 15) is 22.0 Å². The Hall–Kier alpha value is -2.48. The molecule has 0 radical (unpaired) electrons. The molecule has 0 atom stereocenters. The molecular formula is C18H18F2N2O3S. The molecule has 0 fully saturated rings. The highest BCUT2D eigenvalue weighted by atomic mass is 32.2. The summed E-state index contributed by atoms with van der Waals surface area (Å²) in [5.74, 6) is -2.71. The number of nitrogens with one attached hydrogen (secondary N) is 1. The minimum Gasteiger partial charge on any atom is -0.324 e. The number of fused-ring (bicyclic) bond motifs is 1. The van der Waals surface area contributed by atoms with Crippen LogP contribution in [0.25, 0.3) is 0 Å². The summed E-state index contributed by atoms with van der Waals surface area (Å²) in [6.07, 6.45) is 1.20. The summed E-state index contributed by atoms with van der Waals surface area (Å²) < 4.78 is 53.0. The number of sulfonamides is 1. The van der Waals surface area contributed by atoms with E-state index in [2.05, 4.69) is 5.32 Å². The molecule has 1 amide bonds. The van der Waals surface area contributed by atoms with E-state index in [4.69, 9.17) is 0 Å². The largest absolute Gasteiger partial charge is 0.324 e. The number of nitrogens with zero attached hydrogens (tertiary/aromatic N) is 1. The van der Waals surface area contributed by atoms with E-state index < -0.39 is 33.3 Å². The number of carbonyl (C=O) groups excluding carboxylic acids is 1. The van der Waals surface area contributed by atoms with Gasteiger partial charge in [-0.05, 0) is 36.6 Å². The van der Waals surface area contributed by atoms with E-state index in [0.717, 1.165) is 24.1 Å². The molecule has 26 heavy (non-hydrogen) atoms. The van der Waals surface area contributed by atoms with Crippen molar-refractivity contribution in [3.63, 3.8) is 0 Å². The first-order chi connectivity index (χ1) is 12.4. The second kappa shape index (κ2) is 7.41. The lowest BCUT2D eigenvalue weighted by molar-refractivity contribution is -0.115. The maximum absolute atomic E-state index is 13.6. The van der Waals surface area contributed by atoms with Gasteiger partial charge in [0.05, 0.1) is 17.1 Å².